The van der Waals surface area contributed by atoms with Gasteiger partial charge < -0.3 is 4.74 Å². The number of hydrogen-bond acceptors (Lipinski definition) is 4. The Morgan fingerprint density at radius 3 is 2.31 bits per heavy atom. The van der Waals surface area contributed by atoms with Gasteiger partial charge in [0.15, 0.2) is 0 Å². The number of nitrogens with one attached hydrogen (secondary N) is 1. The fourth-order valence-electron chi connectivity index (χ4n) is 2.12. The average molecular weight is 387 g/mol. The van der Waals surface area contributed by atoms with Crippen molar-refractivity contribution in [3.05, 3.63) is 89.4 Å². The van der Waals surface area contributed by atoms with Gasteiger partial charge in [-0.25, -0.2) is 4.83 Å². The summed E-state index contributed by atoms with van der Waals surface area (Å²) in [5.41, 5.74) is 0.692. The maximum atomic E-state index is 12.1. The summed E-state index contributed by atoms with van der Waals surface area (Å²) in [6.45, 7) is 0. The Balaban J connectivity index is 1.68. The highest BCUT2D eigenvalue weighted by Crippen LogP contribution is 2.21. The molecule has 0 aromatic heterocycles. The van der Waals surface area contributed by atoms with Crippen LogP contribution < -0.4 is 9.57 Å². The molecule has 5 nitrogen and oxygen atoms in total. The van der Waals surface area contributed by atoms with E-state index >= 15 is 0 Å². The zero-order valence-electron chi connectivity index (χ0n) is 13.5. The van der Waals surface area contributed by atoms with Gasteiger partial charge in [-0.1, -0.05) is 41.9 Å². The first-order chi connectivity index (χ1) is 12.5. The van der Waals surface area contributed by atoms with Gasteiger partial charge in [0, 0.05) is 5.02 Å². The average Bonchev–Trinajstić information content (AvgIpc) is 2.63. The molecule has 3 aromatic rings. The second-order valence-electron chi connectivity index (χ2n) is 5.29. The van der Waals surface area contributed by atoms with E-state index in [4.69, 9.17) is 16.3 Å². The number of nitrogens with zero attached hydrogens (tertiary/aromatic N) is 1. The minimum atomic E-state index is -3.74. The molecule has 3 rings (SSSR count). The summed E-state index contributed by atoms with van der Waals surface area (Å²) >= 11 is 5.76. The number of rotatable bonds is 6. The Bertz CT molecular complexity index is 1000. The lowest BCUT2D eigenvalue weighted by molar-refractivity contribution is 0.482. The van der Waals surface area contributed by atoms with Crippen molar-refractivity contribution in [2.45, 2.75) is 4.90 Å². The molecule has 0 spiro atoms. The molecule has 0 saturated heterocycles. The Morgan fingerprint density at radius 2 is 1.58 bits per heavy atom. The molecule has 0 amide bonds. The van der Waals surface area contributed by atoms with E-state index in [2.05, 4.69) is 9.93 Å². The number of benzene rings is 3. The number of para-hydroxylation sites is 1. The molecule has 26 heavy (non-hydrogen) atoms. The molecule has 0 radical (unpaired) electrons. The summed E-state index contributed by atoms with van der Waals surface area (Å²) in [5, 5.41) is 4.27. The first-order valence-electron chi connectivity index (χ1n) is 7.66. The van der Waals surface area contributed by atoms with Crippen molar-refractivity contribution in [3.8, 4) is 11.5 Å². The van der Waals surface area contributed by atoms with Gasteiger partial charge in [-0.05, 0) is 54.1 Å². The topological polar surface area (TPSA) is 67.8 Å². The number of hydrogen-bond donors (Lipinski definition) is 1. The van der Waals surface area contributed by atoms with E-state index in [0.29, 0.717) is 22.1 Å². The second kappa shape index (κ2) is 8.03. The molecule has 0 aliphatic carbocycles. The van der Waals surface area contributed by atoms with Gasteiger partial charge in [-0.3, -0.25) is 0 Å². The van der Waals surface area contributed by atoms with Crippen LogP contribution in [-0.2, 0) is 10.0 Å². The summed E-state index contributed by atoms with van der Waals surface area (Å²) < 4.78 is 30.0. The van der Waals surface area contributed by atoms with Crippen LogP contribution in [0.2, 0.25) is 5.02 Å². The third-order valence-electron chi connectivity index (χ3n) is 3.35. The van der Waals surface area contributed by atoms with E-state index in [1.54, 1.807) is 18.2 Å². The first-order valence-corrected chi connectivity index (χ1v) is 9.52. The lowest BCUT2D eigenvalue weighted by atomic mass is 10.2. The summed E-state index contributed by atoms with van der Waals surface area (Å²) in [7, 11) is -3.74. The van der Waals surface area contributed by atoms with Crippen LogP contribution in [0.25, 0.3) is 0 Å². The molecule has 1 N–H and O–H groups in total. The van der Waals surface area contributed by atoms with Crippen molar-refractivity contribution in [2.24, 2.45) is 5.10 Å². The fourth-order valence-corrected chi connectivity index (χ4v) is 3.04. The molecule has 0 unspecified atom stereocenters. The molecule has 0 fully saturated rings. The van der Waals surface area contributed by atoms with Crippen molar-refractivity contribution in [1.29, 1.82) is 0 Å². The molecule has 0 saturated carbocycles. The Morgan fingerprint density at radius 1 is 0.885 bits per heavy atom. The molecule has 3 aromatic carbocycles. The van der Waals surface area contributed by atoms with E-state index in [0.717, 1.165) is 0 Å². The highest BCUT2D eigenvalue weighted by Gasteiger charge is 2.11. The fraction of sp³-hybridized carbons (Fsp3) is 0. The minimum Gasteiger partial charge on any atom is -0.457 e. The van der Waals surface area contributed by atoms with Crippen molar-refractivity contribution < 1.29 is 13.2 Å². The lowest BCUT2D eigenvalue weighted by Crippen LogP contribution is -2.18. The summed E-state index contributed by atoms with van der Waals surface area (Å²) in [4.78, 5) is 2.25. The summed E-state index contributed by atoms with van der Waals surface area (Å²) in [6, 6.07) is 22.3. The third kappa shape index (κ3) is 4.84. The van der Waals surface area contributed by atoms with Crippen molar-refractivity contribution in [1.82, 2.24) is 4.83 Å². The lowest BCUT2D eigenvalue weighted by Gasteiger charge is -2.06. The Hall–Kier alpha value is -2.83. The first kappa shape index (κ1) is 18.0. The predicted octanol–water partition coefficient (Wildman–Crippen LogP) is 4.44. The number of sulfonamides is 1. The number of ether oxygens (including phenoxy) is 1. The largest absolute Gasteiger partial charge is 0.457 e. The third-order valence-corrected chi connectivity index (χ3v) is 4.84. The normalized spacial score (nSPS) is 11.4. The van der Waals surface area contributed by atoms with E-state index in [1.165, 1.54) is 30.5 Å². The Kier molecular flexibility index (Phi) is 5.55. The van der Waals surface area contributed by atoms with Crippen LogP contribution in [0.5, 0.6) is 11.5 Å². The van der Waals surface area contributed by atoms with Gasteiger partial charge in [-0.2, -0.15) is 13.5 Å². The smallest absolute Gasteiger partial charge is 0.276 e. The van der Waals surface area contributed by atoms with Crippen LogP contribution >= 0.6 is 11.6 Å². The zero-order valence-corrected chi connectivity index (χ0v) is 15.1. The predicted molar refractivity (Wildman–Crippen MR) is 102 cm³/mol. The maximum absolute atomic E-state index is 12.1. The van der Waals surface area contributed by atoms with E-state index in [9.17, 15) is 8.42 Å². The standard InChI is InChI=1S/C19H15ClN2O3S/c20-16-9-11-19(12-10-16)26(23,24)22-21-14-15-5-4-8-18(13-15)25-17-6-2-1-3-7-17/h1-14,22H/b21-14-. The van der Waals surface area contributed by atoms with Gasteiger partial charge in [0.1, 0.15) is 11.5 Å². The number of hydrazone groups is 1. The van der Waals surface area contributed by atoms with Gasteiger partial charge in [0.05, 0.1) is 11.1 Å². The minimum absolute atomic E-state index is 0.0835. The highest BCUT2D eigenvalue weighted by molar-refractivity contribution is 7.89. The molecular formula is C19H15ClN2O3S. The van der Waals surface area contributed by atoms with E-state index in [-0.39, 0.29) is 4.90 Å². The van der Waals surface area contributed by atoms with E-state index in [1.807, 2.05) is 36.4 Å². The van der Waals surface area contributed by atoms with Crippen LogP contribution in [0.1, 0.15) is 5.56 Å². The van der Waals surface area contributed by atoms with Gasteiger partial charge in [-0.15, -0.1) is 0 Å². The number of halogens is 1. The molecule has 0 bridgehead atoms. The monoisotopic (exact) mass is 386 g/mol. The highest BCUT2D eigenvalue weighted by atomic mass is 35.5. The summed E-state index contributed by atoms with van der Waals surface area (Å²) in [5.74, 6) is 1.34. The van der Waals surface area contributed by atoms with Gasteiger partial charge in [0.2, 0.25) is 0 Å². The van der Waals surface area contributed by atoms with E-state index < -0.39 is 10.0 Å². The molecular weight excluding hydrogens is 372 g/mol. The maximum Gasteiger partial charge on any atom is 0.276 e. The van der Waals surface area contributed by atoms with Crippen LogP contribution in [0, 0.1) is 0 Å². The van der Waals surface area contributed by atoms with Gasteiger partial charge >= 0.3 is 0 Å². The van der Waals surface area contributed by atoms with Crippen LogP contribution in [0.3, 0.4) is 0 Å². The molecule has 0 atom stereocenters. The zero-order chi connectivity index (χ0) is 18.4. The van der Waals surface area contributed by atoms with Crippen LogP contribution in [-0.4, -0.2) is 14.6 Å². The quantitative estimate of drug-likeness (QED) is 0.503. The van der Waals surface area contributed by atoms with Crippen molar-refractivity contribution >= 4 is 27.8 Å². The second-order valence-corrected chi connectivity index (χ2v) is 7.39. The summed E-state index contributed by atoms with van der Waals surface area (Å²) in [6.07, 6.45) is 1.41. The molecule has 7 heteroatoms. The van der Waals surface area contributed by atoms with Gasteiger partial charge in [0.25, 0.3) is 10.0 Å². The Labute approximate surface area is 157 Å². The molecule has 132 valence electrons. The molecule has 0 aliphatic rings. The van der Waals surface area contributed by atoms with Crippen molar-refractivity contribution in [3.63, 3.8) is 0 Å². The van der Waals surface area contributed by atoms with Crippen molar-refractivity contribution in [2.75, 3.05) is 0 Å². The molecule has 0 aliphatic heterocycles. The SMILES string of the molecule is O=S(=O)(N/N=C\c1cccc(Oc2ccccc2)c1)c1ccc(Cl)cc1. The molecule has 0 heterocycles. The van der Waals surface area contributed by atoms with Crippen LogP contribution in [0.4, 0.5) is 0 Å². The van der Waals surface area contributed by atoms with Crippen LogP contribution in [0.15, 0.2) is 88.9 Å².